The van der Waals surface area contributed by atoms with Gasteiger partial charge in [-0.05, 0) is 37.5 Å². The number of rotatable bonds is 2. The molecule has 2 aliphatic heterocycles. The van der Waals surface area contributed by atoms with Gasteiger partial charge < -0.3 is 19.6 Å². The van der Waals surface area contributed by atoms with E-state index in [9.17, 15) is 18.8 Å². The van der Waals surface area contributed by atoms with E-state index in [0.717, 1.165) is 0 Å². The van der Waals surface area contributed by atoms with Gasteiger partial charge in [0.25, 0.3) is 5.91 Å². The van der Waals surface area contributed by atoms with Crippen LogP contribution in [0.25, 0.3) is 0 Å². The molecule has 4 amide bonds. The molecule has 0 atom stereocenters. The Hall–Kier alpha value is -2.64. The Morgan fingerprint density at radius 1 is 0.931 bits per heavy atom. The minimum atomic E-state index is -0.385. The zero-order chi connectivity index (χ0) is 21.1. The quantitative estimate of drug-likeness (QED) is 0.755. The number of carbonyl (C=O) groups is 3. The Morgan fingerprint density at radius 2 is 1.52 bits per heavy atom. The van der Waals surface area contributed by atoms with E-state index in [1.165, 1.54) is 6.07 Å². The Labute approximate surface area is 171 Å². The molecule has 8 heteroatoms. The Balaban J connectivity index is 1.50. The number of likely N-dealkylation sites (tertiary alicyclic amines) is 1. The van der Waals surface area contributed by atoms with E-state index in [1.54, 1.807) is 47.9 Å². The van der Waals surface area contributed by atoms with Gasteiger partial charge in [0.1, 0.15) is 5.82 Å². The number of carbonyl (C=O) groups excluding carboxylic acids is 3. The molecule has 0 spiro atoms. The summed E-state index contributed by atoms with van der Waals surface area (Å²) in [6.45, 7) is 4.69. The van der Waals surface area contributed by atoms with Gasteiger partial charge in [0.15, 0.2) is 0 Å². The van der Waals surface area contributed by atoms with Crippen LogP contribution in [0.4, 0.5) is 9.18 Å². The van der Waals surface area contributed by atoms with Gasteiger partial charge in [-0.15, -0.1) is 0 Å². The number of piperidine rings is 1. The summed E-state index contributed by atoms with van der Waals surface area (Å²) < 4.78 is 13.8. The van der Waals surface area contributed by atoms with Crippen LogP contribution in [0.3, 0.4) is 0 Å². The van der Waals surface area contributed by atoms with Crippen molar-refractivity contribution in [1.82, 2.24) is 19.6 Å². The summed E-state index contributed by atoms with van der Waals surface area (Å²) in [4.78, 5) is 44.3. The minimum Gasteiger partial charge on any atom is -0.339 e. The van der Waals surface area contributed by atoms with E-state index < -0.39 is 0 Å². The van der Waals surface area contributed by atoms with Crippen LogP contribution in [0.5, 0.6) is 0 Å². The third kappa shape index (κ3) is 4.68. The second kappa shape index (κ2) is 8.80. The highest BCUT2D eigenvalue weighted by Crippen LogP contribution is 2.22. The van der Waals surface area contributed by atoms with Gasteiger partial charge in [0.05, 0.1) is 0 Å². The molecule has 2 heterocycles. The molecule has 0 aromatic heterocycles. The number of halogens is 1. The maximum Gasteiger partial charge on any atom is 0.319 e. The highest BCUT2D eigenvalue weighted by Gasteiger charge is 2.33. The zero-order valence-electron chi connectivity index (χ0n) is 17.4. The standard InChI is InChI=1S/C21H29FN4O3/c1-15-4-5-17(14-18(15)22)20(28)25-12-10-24(11-13-25)19(27)16-6-8-26(9-7-16)21(29)23(2)3/h4-5,14,16H,6-13H2,1-3H3. The van der Waals surface area contributed by atoms with Gasteiger partial charge in [0, 0.05) is 64.8 Å². The van der Waals surface area contributed by atoms with Crippen LogP contribution in [0.2, 0.25) is 0 Å². The van der Waals surface area contributed by atoms with E-state index in [2.05, 4.69) is 0 Å². The Morgan fingerprint density at radius 3 is 2.07 bits per heavy atom. The molecule has 0 radical (unpaired) electrons. The average Bonchev–Trinajstić information content (AvgIpc) is 2.74. The van der Waals surface area contributed by atoms with Crippen LogP contribution in [-0.4, -0.2) is 90.8 Å². The average molecular weight is 404 g/mol. The van der Waals surface area contributed by atoms with Gasteiger partial charge in [-0.1, -0.05) is 6.07 Å². The molecule has 3 rings (SSSR count). The predicted molar refractivity (Wildman–Crippen MR) is 107 cm³/mol. The second-order valence-electron chi connectivity index (χ2n) is 8.02. The molecule has 2 aliphatic rings. The zero-order valence-corrected chi connectivity index (χ0v) is 17.4. The fraction of sp³-hybridized carbons (Fsp3) is 0.571. The highest BCUT2D eigenvalue weighted by molar-refractivity contribution is 5.94. The van der Waals surface area contributed by atoms with Crippen LogP contribution < -0.4 is 0 Å². The fourth-order valence-electron chi connectivity index (χ4n) is 3.90. The van der Waals surface area contributed by atoms with E-state index in [4.69, 9.17) is 0 Å². The second-order valence-corrected chi connectivity index (χ2v) is 8.02. The lowest BCUT2D eigenvalue weighted by atomic mass is 9.95. The molecule has 0 unspecified atom stereocenters. The van der Waals surface area contributed by atoms with Crippen molar-refractivity contribution in [2.75, 3.05) is 53.4 Å². The minimum absolute atomic E-state index is 0.0180. The van der Waals surface area contributed by atoms with E-state index in [1.807, 2.05) is 4.90 Å². The predicted octanol–water partition coefficient (Wildman–Crippen LogP) is 1.81. The first kappa shape index (κ1) is 21.1. The third-order valence-electron chi connectivity index (χ3n) is 5.79. The first-order chi connectivity index (χ1) is 13.8. The normalized spacial score (nSPS) is 18.0. The molecule has 29 heavy (non-hydrogen) atoms. The van der Waals surface area contributed by atoms with Crippen molar-refractivity contribution in [2.24, 2.45) is 5.92 Å². The van der Waals surface area contributed by atoms with Gasteiger partial charge in [-0.2, -0.15) is 0 Å². The number of urea groups is 1. The van der Waals surface area contributed by atoms with E-state index in [0.29, 0.717) is 63.2 Å². The van der Waals surface area contributed by atoms with Crippen molar-refractivity contribution in [2.45, 2.75) is 19.8 Å². The van der Waals surface area contributed by atoms with Crippen LogP contribution in [0.1, 0.15) is 28.8 Å². The summed E-state index contributed by atoms with van der Waals surface area (Å²) in [5, 5.41) is 0. The van der Waals surface area contributed by atoms with Crippen LogP contribution in [-0.2, 0) is 4.79 Å². The van der Waals surface area contributed by atoms with Gasteiger partial charge >= 0.3 is 6.03 Å². The lowest BCUT2D eigenvalue weighted by Crippen LogP contribution is -2.53. The summed E-state index contributed by atoms with van der Waals surface area (Å²) >= 11 is 0. The van der Waals surface area contributed by atoms with Crippen LogP contribution in [0.15, 0.2) is 18.2 Å². The monoisotopic (exact) mass is 404 g/mol. The van der Waals surface area contributed by atoms with Crippen molar-refractivity contribution < 1.29 is 18.8 Å². The molecule has 158 valence electrons. The van der Waals surface area contributed by atoms with Gasteiger partial charge in [-0.3, -0.25) is 9.59 Å². The summed E-state index contributed by atoms with van der Waals surface area (Å²) in [6, 6.07) is 4.50. The number of aryl methyl sites for hydroxylation is 1. The largest absolute Gasteiger partial charge is 0.339 e. The Kier molecular flexibility index (Phi) is 6.39. The first-order valence-corrected chi connectivity index (χ1v) is 10.1. The summed E-state index contributed by atoms with van der Waals surface area (Å²) in [6.07, 6.45) is 1.33. The molecule has 2 saturated heterocycles. The lowest BCUT2D eigenvalue weighted by Gasteiger charge is -2.39. The van der Waals surface area contributed by atoms with E-state index in [-0.39, 0.29) is 29.6 Å². The molecular formula is C21H29FN4O3. The molecule has 0 aliphatic carbocycles. The third-order valence-corrected chi connectivity index (χ3v) is 5.79. The molecular weight excluding hydrogens is 375 g/mol. The van der Waals surface area contributed by atoms with Gasteiger partial charge in [0.2, 0.25) is 5.91 Å². The number of hydrogen-bond donors (Lipinski definition) is 0. The fourth-order valence-corrected chi connectivity index (χ4v) is 3.90. The molecule has 1 aromatic carbocycles. The number of amides is 4. The molecule has 0 N–H and O–H groups in total. The number of piperazine rings is 1. The number of nitrogens with zero attached hydrogens (tertiary/aromatic N) is 4. The highest BCUT2D eigenvalue weighted by atomic mass is 19.1. The maximum absolute atomic E-state index is 13.8. The Bertz CT molecular complexity index is 782. The lowest BCUT2D eigenvalue weighted by molar-refractivity contribution is -0.138. The summed E-state index contributed by atoms with van der Waals surface area (Å²) in [5.41, 5.74) is 0.848. The molecule has 0 saturated carbocycles. The van der Waals surface area contributed by atoms with Crippen LogP contribution in [0, 0.1) is 18.7 Å². The molecule has 1 aromatic rings. The van der Waals surface area contributed by atoms with Crippen molar-refractivity contribution in [3.63, 3.8) is 0 Å². The van der Waals surface area contributed by atoms with Crippen molar-refractivity contribution in [3.8, 4) is 0 Å². The van der Waals surface area contributed by atoms with E-state index >= 15 is 0 Å². The number of hydrogen-bond acceptors (Lipinski definition) is 3. The maximum atomic E-state index is 13.8. The molecule has 7 nitrogen and oxygen atoms in total. The van der Waals surface area contributed by atoms with Gasteiger partial charge in [-0.25, -0.2) is 9.18 Å². The SMILES string of the molecule is Cc1ccc(C(=O)N2CCN(C(=O)C3CCN(C(=O)N(C)C)CC3)CC2)cc1F. The summed E-state index contributed by atoms with van der Waals surface area (Å²) in [7, 11) is 3.46. The smallest absolute Gasteiger partial charge is 0.319 e. The number of benzene rings is 1. The first-order valence-electron chi connectivity index (χ1n) is 10.1. The van der Waals surface area contributed by atoms with Crippen molar-refractivity contribution in [3.05, 3.63) is 35.1 Å². The van der Waals surface area contributed by atoms with Crippen molar-refractivity contribution in [1.29, 1.82) is 0 Å². The molecule has 2 fully saturated rings. The van der Waals surface area contributed by atoms with Crippen molar-refractivity contribution >= 4 is 17.8 Å². The van der Waals surface area contributed by atoms with Crippen LogP contribution >= 0.6 is 0 Å². The topological polar surface area (TPSA) is 64.2 Å². The summed E-state index contributed by atoms with van der Waals surface area (Å²) in [5.74, 6) is -0.555. The molecule has 0 bridgehead atoms.